The zero-order chi connectivity index (χ0) is 18.0. The number of hydrogen-bond donors (Lipinski definition) is 1. The van der Waals surface area contributed by atoms with Gasteiger partial charge in [0.05, 0.1) is 9.83 Å². The largest absolute Gasteiger partial charge is 0.480 e. The van der Waals surface area contributed by atoms with Gasteiger partial charge in [0.25, 0.3) is 0 Å². The van der Waals surface area contributed by atoms with Crippen LogP contribution in [-0.2, 0) is 4.79 Å². The van der Waals surface area contributed by atoms with Gasteiger partial charge < -0.3 is 10.0 Å². The van der Waals surface area contributed by atoms with Crippen molar-refractivity contribution < 1.29 is 9.90 Å². The van der Waals surface area contributed by atoms with Crippen LogP contribution in [0.3, 0.4) is 0 Å². The Balaban J connectivity index is 2.01. The van der Waals surface area contributed by atoms with Crippen LogP contribution in [0.2, 0.25) is 0 Å². The standard InChI is InChI=1S/C19H23BrN2O2S/c1-21(2)14-8-6-13(7-9-14)18(16-10-11-17(20)25-16)22-12-4-3-5-15(22)19(23)24/h6-11,15,18H,3-5,12H2,1-2H3,(H,23,24). The molecule has 25 heavy (non-hydrogen) atoms. The Morgan fingerprint density at radius 1 is 1.24 bits per heavy atom. The van der Waals surface area contributed by atoms with E-state index in [2.05, 4.69) is 56.1 Å². The minimum absolute atomic E-state index is 0.0195. The summed E-state index contributed by atoms with van der Waals surface area (Å²) in [6, 6.07) is 12.2. The Morgan fingerprint density at radius 3 is 2.52 bits per heavy atom. The predicted octanol–water partition coefficient (Wildman–Crippen LogP) is 4.61. The van der Waals surface area contributed by atoms with Crippen molar-refractivity contribution in [1.82, 2.24) is 4.90 Å². The number of carboxylic acid groups (broad SMARTS) is 1. The maximum atomic E-state index is 11.8. The van der Waals surface area contributed by atoms with Crippen molar-refractivity contribution in [3.05, 3.63) is 50.6 Å². The highest BCUT2D eigenvalue weighted by Gasteiger charge is 2.35. The Kier molecular flexibility index (Phi) is 5.81. The van der Waals surface area contributed by atoms with Crippen molar-refractivity contribution in [3.8, 4) is 0 Å². The summed E-state index contributed by atoms with van der Waals surface area (Å²) in [5, 5.41) is 9.72. The Labute approximate surface area is 161 Å². The summed E-state index contributed by atoms with van der Waals surface area (Å²) in [6.07, 6.45) is 2.74. The summed E-state index contributed by atoms with van der Waals surface area (Å²) in [5.74, 6) is -0.717. The van der Waals surface area contributed by atoms with Gasteiger partial charge in [-0.2, -0.15) is 0 Å². The van der Waals surface area contributed by atoms with E-state index < -0.39 is 12.0 Å². The molecule has 2 heterocycles. The number of rotatable bonds is 5. The van der Waals surface area contributed by atoms with Crippen LogP contribution >= 0.6 is 27.3 Å². The molecule has 134 valence electrons. The zero-order valence-electron chi connectivity index (χ0n) is 14.5. The van der Waals surface area contributed by atoms with E-state index >= 15 is 0 Å². The molecule has 0 amide bonds. The summed E-state index contributed by atoms with van der Waals surface area (Å²) in [5.41, 5.74) is 2.29. The van der Waals surface area contributed by atoms with Crippen LogP contribution in [0.5, 0.6) is 0 Å². The third-order valence-electron chi connectivity index (χ3n) is 4.75. The molecule has 3 rings (SSSR count). The minimum atomic E-state index is -0.717. The van der Waals surface area contributed by atoms with Crippen LogP contribution in [0, 0.1) is 0 Å². The molecule has 2 unspecified atom stereocenters. The average Bonchev–Trinajstić information content (AvgIpc) is 3.02. The first-order valence-electron chi connectivity index (χ1n) is 8.48. The monoisotopic (exact) mass is 422 g/mol. The van der Waals surface area contributed by atoms with Gasteiger partial charge in [0, 0.05) is 24.7 Å². The smallest absolute Gasteiger partial charge is 0.320 e. The number of anilines is 1. The lowest BCUT2D eigenvalue weighted by Gasteiger charge is -2.39. The fraction of sp³-hybridized carbons (Fsp3) is 0.421. The van der Waals surface area contributed by atoms with Gasteiger partial charge in [-0.15, -0.1) is 11.3 Å². The normalized spacial score (nSPS) is 19.6. The molecule has 1 saturated heterocycles. The molecule has 0 aliphatic carbocycles. The second-order valence-corrected chi connectivity index (χ2v) is 9.11. The number of likely N-dealkylation sites (tertiary alicyclic amines) is 1. The highest BCUT2D eigenvalue weighted by Crippen LogP contribution is 2.39. The summed E-state index contributed by atoms with van der Waals surface area (Å²) in [7, 11) is 4.04. The van der Waals surface area contributed by atoms with E-state index in [1.165, 1.54) is 4.88 Å². The number of aliphatic carboxylic acids is 1. The molecule has 1 aromatic heterocycles. The van der Waals surface area contributed by atoms with E-state index in [9.17, 15) is 9.90 Å². The van der Waals surface area contributed by atoms with E-state index in [1.54, 1.807) is 11.3 Å². The molecule has 2 atom stereocenters. The molecule has 0 radical (unpaired) electrons. The molecule has 0 bridgehead atoms. The van der Waals surface area contributed by atoms with Crippen molar-refractivity contribution in [1.29, 1.82) is 0 Å². The quantitative estimate of drug-likeness (QED) is 0.763. The Morgan fingerprint density at radius 2 is 1.96 bits per heavy atom. The van der Waals surface area contributed by atoms with Gasteiger partial charge in [-0.25, -0.2) is 0 Å². The molecule has 4 nitrogen and oxygen atoms in total. The van der Waals surface area contributed by atoms with Gasteiger partial charge >= 0.3 is 5.97 Å². The van der Waals surface area contributed by atoms with Crippen molar-refractivity contribution in [3.63, 3.8) is 0 Å². The fourth-order valence-corrected chi connectivity index (χ4v) is 5.05. The maximum Gasteiger partial charge on any atom is 0.320 e. The van der Waals surface area contributed by atoms with Gasteiger partial charge in [0.15, 0.2) is 0 Å². The van der Waals surface area contributed by atoms with Gasteiger partial charge in [0.2, 0.25) is 0 Å². The van der Waals surface area contributed by atoms with E-state index in [4.69, 9.17) is 0 Å². The highest BCUT2D eigenvalue weighted by atomic mass is 79.9. The molecule has 2 aromatic rings. The fourth-order valence-electron chi connectivity index (χ4n) is 3.48. The average molecular weight is 423 g/mol. The molecule has 1 aliphatic rings. The maximum absolute atomic E-state index is 11.8. The molecule has 0 saturated carbocycles. The number of piperidine rings is 1. The van der Waals surface area contributed by atoms with Crippen LogP contribution in [0.25, 0.3) is 0 Å². The molecule has 1 fully saturated rings. The first kappa shape index (κ1) is 18.4. The number of thiophene rings is 1. The lowest BCUT2D eigenvalue weighted by molar-refractivity contribution is -0.145. The molecule has 0 spiro atoms. The Bertz CT molecular complexity index is 729. The third-order valence-corrected chi connectivity index (χ3v) is 6.43. The van der Waals surface area contributed by atoms with Crippen molar-refractivity contribution >= 4 is 38.9 Å². The van der Waals surface area contributed by atoms with Gasteiger partial charge in [-0.05, 0) is 65.1 Å². The van der Waals surface area contributed by atoms with Crippen LogP contribution in [0.4, 0.5) is 5.69 Å². The topological polar surface area (TPSA) is 43.8 Å². The zero-order valence-corrected chi connectivity index (χ0v) is 16.9. The van der Waals surface area contributed by atoms with E-state index in [1.807, 2.05) is 20.2 Å². The second kappa shape index (κ2) is 7.89. The molecular formula is C19H23BrN2O2S. The summed E-state index contributed by atoms with van der Waals surface area (Å²) in [4.78, 5) is 17.2. The molecule has 1 aliphatic heterocycles. The summed E-state index contributed by atoms with van der Waals surface area (Å²) < 4.78 is 1.07. The SMILES string of the molecule is CN(C)c1ccc(C(c2ccc(Br)s2)N2CCCCC2C(=O)O)cc1. The molecule has 6 heteroatoms. The number of carboxylic acids is 1. The number of nitrogens with zero attached hydrogens (tertiary/aromatic N) is 2. The van der Waals surface area contributed by atoms with E-state index in [0.717, 1.165) is 34.4 Å². The van der Waals surface area contributed by atoms with Crippen molar-refractivity contribution in [2.45, 2.75) is 31.3 Å². The number of benzene rings is 1. The molecular weight excluding hydrogens is 400 g/mol. The summed E-state index contributed by atoms with van der Waals surface area (Å²) >= 11 is 5.23. The third kappa shape index (κ3) is 4.07. The van der Waals surface area contributed by atoms with Crippen LogP contribution in [-0.4, -0.2) is 42.7 Å². The lowest BCUT2D eigenvalue weighted by Crippen LogP contribution is -2.46. The number of halogens is 1. The highest BCUT2D eigenvalue weighted by molar-refractivity contribution is 9.11. The first-order chi connectivity index (χ1) is 12.0. The number of hydrogen-bond acceptors (Lipinski definition) is 4. The number of carbonyl (C=O) groups is 1. The predicted molar refractivity (Wildman–Crippen MR) is 107 cm³/mol. The lowest BCUT2D eigenvalue weighted by atomic mass is 9.95. The van der Waals surface area contributed by atoms with Crippen molar-refractivity contribution in [2.24, 2.45) is 0 Å². The van der Waals surface area contributed by atoms with Gasteiger partial charge in [-0.1, -0.05) is 18.6 Å². The Hall–Kier alpha value is -1.37. The second-order valence-electron chi connectivity index (χ2n) is 6.62. The molecule has 1 N–H and O–H groups in total. The molecule has 1 aromatic carbocycles. The first-order valence-corrected chi connectivity index (χ1v) is 10.1. The van der Waals surface area contributed by atoms with Crippen LogP contribution in [0.1, 0.15) is 35.7 Å². The summed E-state index contributed by atoms with van der Waals surface area (Å²) in [6.45, 7) is 0.812. The minimum Gasteiger partial charge on any atom is -0.480 e. The van der Waals surface area contributed by atoms with Crippen LogP contribution < -0.4 is 4.90 Å². The van der Waals surface area contributed by atoms with Crippen molar-refractivity contribution in [2.75, 3.05) is 25.5 Å². The van der Waals surface area contributed by atoms with Gasteiger partial charge in [-0.3, -0.25) is 9.69 Å². The van der Waals surface area contributed by atoms with E-state index in [-0.39, 0.29) is 6.04 Å². The van der Waals surface area contributed by atoms with Gasteiger partial charge in [0.1, 0.15) is 6.04 Å². The van der Waals surface area contributed by atoms with Crippen LogP contribution in [0.15, 0.2) is 40.2 Å². The van der Waals surface area contributed by atoms with E-state index in [0.29, 0.717) is 6.42 Å².